The van der Waals surface area contributed by atoms with Crippen molar-refractivity contribution in [3.05, 3.63) is 0 Å². The lowest BCUT2D eigenvalue weighted by atomic mass is 10.3. The van der Waals surface area contributed by atoms with Crippen LogP contribution in [0.2, 0.25) is 17.1 Å². The zero-order valence-electron chi connectivity index (χ0n) is 9.86. The highest BCUT2D eigenvalue weighted by Crippen LogP contribution is 2.43. The molecule has 2 unspecified atom stereocenters. The topological polar surface area (TPSA) is 0 Å². The predicted molar refractivity (Wildman–Crippen MR) is 66.1 cm³/mol. The van der Waals surface area contributed by atoms with Crippen LogP contribution in [0.25, 0.3) is 0 Å². The maximum Gasteiger partial charge on any atom is 0.162 e. The molecule has 0 amide bonds. The third-order valence-electron chi connectivity index (χ3n) is 3.50. The second-order valence-corrected chi connectivity index (χ2v) is 10.7. The van der Waals surface area contributed by atoms with Crippen LogP contribution in [0.5, 0.6) is 0 Å². The van der Waals surface area contributed by atoms with Gasteiger partial charge in [-0.25, -0.2) is 0 Å². The van der Waals surface area contributed by atoms with E-state index in [0.29, 0.717) is 0 Å². The highest BCUT2D eigenvalue weighted by atomic mass is 35.6. The van der Waals surface area contributed by atoms with Crippen LogP contribution in [-0.4, -0.2) is 7.38 Å². The smallest absolute Gasteiger partial charge is 0.162 e. The van der Waals surface area contributed by atoms with Gasteiger partial charge in [0.25, 0.3) is 0 Å². The summed E-state index contributed by atoms with van der Waals surface area (Å²) in [5, 5.41) is 0. The van der Waals surface area contributed by atoms with Crippen molar-refractivity contribution in [2.75, 3.05) is 0 Å². The lowest BCUT2D eigenvalue weighted by Gasteiger charge is -2.35. The maximum absolute atomic E-state index is 6.88. The Morgan fingerprint density at radius 3 is 1.62 bits per heavy atom. The van der Waals surface area contributed by atoms with E-state index >= 15 is 0 Å². The van der Waals surface area contributed by atoms with Crippen LogP contribution in [0.3, 0.4) is 0 Å². The minimum absolute atomic E-state index is 0.768. The van der Waals surface area contributed by atoms with Crippen LogP contribution in [0.1, 0.15) is 53.9 Å². The molecule has 2 atom stereocenters. The van der Waals surface area contributed by atoms with Crippen molar-refractivity contribution in [2.45, 2.75) is 71.0 Å². The molecule has 0 aromatic rings. The Morgan fingerprint density at radius 2 is 1.38 bits per heavy atom. The van der Waals surface area contributed by atoms with Crippen LogP contribution in [0.4, 0.5) is 0 Å². The van der Waals surface area contributed by atoms with E-state index in [4.69, 9.17) is 11.1 Å². The lowest BCUT2D eigenvalue weighted by molar-refractivity contribution is 0.756. The van der Waals surface area contributed by atoms with Crippen molar-refractivity contribution in [2.24, 2.45) is 0 Å². The Bertz CT molecular complexity index is 126. The van der Waals surface area contributed by atoms with Crippen LogP contribution >= 0.6 is 11.1 Å². The summed E-state index contributed by atoms with van der Waals surface area (Å²) in [6.45, 7) is 11.5. The van der Waals surface area contributed by atoms with E-state index in [2.05, 4.69) is 34.6 Å². The summed E-state index contributed by atoms with van der Waals surface area (Å²) in [6.07, 6.45) is 3.75. The van der Waals surface area contributed by atoms with Crippen molar-refractivity contribution in [3.8, 4) is 0 Å². The fourth-order valence-electron chi connectivity index (χ4n) is 2.04. The van der Waals surface area contributed by atoms with Gasteiger partial charge in [0.2, 0.25) is 0 Å². The van der Waals surface area contributed by atoms with Gasteiger partial charge in [0.15, 0.2) is 7.38 Å². The molecule has 2 heteroatoms. The van der Waals surface area contributed by atoms with Gasteiger partial charge in [0.05, 0.1) is 0 Å². The van der Waals surface area contributed by atoms with Crippen LogP contribution in [0, 0.1) is 0 Å². The Hall–Kier alpha value is 0.507. The fraction of sp³-hybridized carbons (Fsp3) is 1.00. The summed E-state index contributed by atoms with van der Waals surface area (Å²) >= 11 is 6.88. The minimum atomic E-state index is -1.48. The van der Waals surface area contributed by atoms with E-state index in [-0.39, 0.29) is 0 Å². The van der Waals surface area contributed by atoms with E-state index in [1.165, 1.54) is 25.3 Å². The molecule has 0 heterocycles. The largest absolute Gasteiger partial charge is 0.166 e. The van der Waals surface area contributed by atoms with Gasteiger partial charge in [-0.3, -0.25) is 0 Å². The fourth-order valence-corrected chi connectivity index (χ4v) is 7.61. The monoisotopic (exact) mass is 220 g/mol. The zero-order valence-corrected chi connectivity index (χ0v) is 11.6. The molecule has 13 heavy (non-hydrogen) atoms. The van der Waals surface area contributed by atoms with Crippen LogP contribution in [-0.2, 0) is 0 Å². The number of hydrogen-bond acceptors (Lipinski definition) is 0. The van der Waals surface area contributed by atoms with Crippen molar-refractivity contribution >= 4 is 18.5 Å². The van der Waals surface area contributed by atoms with Crippen molar-refractivity contribution in [1.29, 1.82) is 0 Å². The van der Waals surface area contributed by atoms with Gasteiger partial charge in [-0.1, -0.05) is 53.9 Å². The average Bonchev–Trinajstić information content (AvgIpc) is 2.15. The van der Waals surface area contributed by atoms with E-state index in [1.807, 2.05) is 0 Å². The molecule has 0 aliphatic rings. The van der Waals surface area contributed by atoms with Gasteiger partial charge < -0.3 is 0 Å². The summed E-state index contributed by atoms with van der Waals surface area (Å²) in [7, 11) is -1.48. The zero-order chi connectivity index (χ0) is 10.5. The molecule has 0 fully saturated rings. The normalized spacial score (nSPS) is 20.8. The first-order valence-electron chi connectivity index (χ1n) is 5.71. The Morgan fingerprint density at radius 1 is 1.00 bits per heavy atom. The minimum Gasteiger partial charge on any atom is -0.166 e. The molecular formula is C11H25ClSi. The van der Waals surface area contributed by atoms with Crippen LogP contribution in [0.15, 0.2) is 0 Å². The molecule has 0 aliphatic carbocycles. The highest BCUT2D eigenvalue weighted by molar-refractivity contribution is 7.21. The van der Waals surface area contributed by atoms with Crippen molar-refractivity contribution < 1.29 is 0 Å². The molecule has 0 spiro atoms. The predicted octanol–water partition coefficient (Wildman–Crippen LogP) is 5.18. The molecular weight excluding hydrogens is 196 g/mol. The van der Waals surface area contributed by atoms with Gasteiger partial charge >= 0.3 is 0 Å². The van der Waals surface area contributed by atoms with Gasteiger partial charge in [0.1, 0.15) is 0 Å². The maximum atomic E-state index is 6.88. The molecule has 0 aromatic carbocycles. The second-order valence-electron chi connectivity index (χ2n) is 4.30. The summed E-state index contributed by atoms with van der Waals surface area (Å²) in [5.74, 6) is 0. The molecule has 0 aliphatic heterocycles. The first kappa shape index (κ1) is 13.5. The Kier molecular flexibility index (Phi) is 6.31. The molecule has 0 rings (SSSR count). The van der Waals surface area contributed by atoms with Gasteiger partial charge in [0, 0.05) is 0 Å². The average molecular weight is 221 g/mol. The van der Waals surface area contributed by atoms with E-state index in [1.54, 1.807) is 0 Å². The van der Waals surface area contributed by atoms with Crippen molar-refractivity contribution in [3.63, 3.8) is 0 Å². The Balaban J connectivity index is 4.50. The summed E-state index contributed by atoms with van der Waals surface area (Å²) in [4.78, 5) is 0. The number of halogens is 1. The molecule has 0 radical (unpaired) electrons. The molecule has 0 bridgehead atoms. The summed E-state index contributed by atoms with van der Waals surface area (Å²) < 4.78 is 0. The van der Waals surface area contributed by atoms with Crippen LogP contribution < -0.4 is 0 Å². The highest BCUT2D eigenvalue weighted by Gasteiger charge is 2.39. The second kappa shape index (κ2) is 6.08. The van der Waals surface area contributed by atoms with E-state index < -0.39 is 7.38 Å². The molecule has 0 N–H and O–H groups in total. The molecule has 0 aromatic heterocycles. The molecule has 0 saturated carbocycles. The van der Waals surface area contributed by atoms with Gasteiger partial charge in [-0.15, -0.1) is 0 Å². The standard InChI is InChI=1S/C11H25ClSi/c1-6-9-13(12,10(4)7-2)11(5)8-3/h10-11H,6-9H2,1-5H3. The van der Waals surface area contributed by atoms with E-state index in [0.717, 1.165) is 11.1 Å². The Labute approximate surface area is 89.8 Å². The van der Waals surface area contributed by atoms with Gasteiger partial charge in [-0.05, 0) is 17.1 Å². The third kappa shape index (κ3) is 3.28. The number of hydrogen-bond donors (Lipinski definition) is 0. The van der Waals surface area contributed by atoms with E-state index in [9.17, 15) is 0 Å². The first-order chi connectivity index (χ1) is 6.02. The first-order valence-corrected chi connectivity index (χ1v) is 9.09. The summed E-state index contributed by atoms with van der Waals surface area (Å²) in [6, 6.07) is 1.29. The number of rotatable bonds is 6. The molecule has 80 valence electrons. The van der Waals surface area contributed by atoms with Gasteiger partial charge in [-0.2, -0.15) is 11.1 Å². The quantitative estimate of drug-likeness (QED) is 0.428. The third-order valence-corrected chi connectivity index (χ3v) is 11.7. The molecule has 0 saturated heterocycles. The SMILES string of the molecule is CCC[Si](Cl)(C(C)CC)C(C)CC. The summed E-state index contributed by atoms with van der Waals surface area (Å²) in [5.41, 5.74) is 1.54. The lowest BCUT2D eigenvalue weighted by Crippen LogP contribution is -2.36. The van der Waals surface area contributed by atoms with Crippen molar-refractivity contribution in [1.82, 2.24) is 0 Å². The molecule has 0 nitrogen and oxygen atoms in total.